The van der Waals surface area contributed by atoms with Gasteiger partial charge in [-0.25, -0.2) is 4.90 Å². The van der Waals surface area contributed by atoms with E-state index in [1.54, 1.807) is 31.4 Å². The number of carbonyl (C=O) groups excluding carboxylic acids is 2. The summed E-state index contributed by atoms with van der Waals surface area (Å²) in [6, 6.07) is 21.3. The van der Waals surface area contributed by atoms with E-state index in [-0.39, 0.29) is 10.7 Å². The number of hydrogen-bond donors (Lipinski definition) is 1. The molecule has 0 bridgehead atoms. The zero-order valence-corrected chi connectivity index (χ0v) is 21.7. The Balaban J connectivity index is 1.59. The molecule has 5 rings (SSSR count). The summed E-state index contributed by atoms with van der Waals surface area (Å²) in [5, 5.41) is 4.87. The van der Waals surface area contributed by atoms with E-state index < -0.39 is 11.8 Å². The van der Waals surface area contributed by atoms with Crippen molar-refractivity contribution in [3.05, 3.63) is 89.3 Å². The highest BCUT2D eigenvalue weighted by Gasteiger charge is 2.36. The van der Waals surface area contributed by atoms with Crippen molar-refractivity contribution in [1.82, 2.24) is 9.88 Å². The molecule has 1 saturated heterocycles. The van der Waals surface area contributed by atoms with E-state index in [1.165, 1.54) is 12.0 Å². The lowest BCUT2D eigenvalue weighted by Crippen LogP contribution is -2.54. The van der Waals surface area contributed by atoms with Gasteiger partial charge in [0.15, 0.2) is 5.11 Å². The number of ether oxygens (including phenoxy) is 2. The van der Waals surface area contributed by atoms with Crippen LogP contribution in [0.5, 0.6) is 11.5 Å². The Morgan fingerprint density at radius 3 is 2.41 bits per heavy atom. The molecule has 0 radical (unpaired) electrons. The Labute approximate surface area is 219 Å². The van der Waals surface area contributed by atoms with Crippen LogP contribution in [-0.2, 0) is 9.59 Å². The first-order valence-corrected chi connectivity index (χ1v) is 12.1. The van der Waals surface area contributed by atoms with Gasteiger partial charge in [-0.2, -0.15) is 0 Å². The second-order valence-corrected chi connectivity index (χ2v) is 9.04. The van der Waals surface area contributed by atoms with Crippen LogP contribution in [0.1, 0.15) is 17.0 Å². The van der Waals surface area contributed by atoms with E-state index in [2.05, 4.69) is 34.1 Å². The fourth-order valence-electron chi connectivity index (χ4n) is 4.71. The van der Waals surface area contributed by atoms with Crippen molar-refractivity contribution in [3.8, 4) is 17.2 Å². The van der Waals surface area contributed by atoms with Crippen LogP contribution in [-0.4, -0.2) is 35.7 Å². The molecule has 3 aromatic carbocycles. The number of amides is 2. The first-order valence-electron chi connectivity index (χ1n) is 11.6. The maximum atomic E-state index is 13.6. The number of aromatic nitrogens is 1. The summed E-state index contributed by atoms with van der Waals surface area (Å²) in [5.41, 5.74) is 4.06. The van der Waals surface area contributed by atoms with Gasteiger partial charge >= 0.3 is 0 Å². The van der Waals surface area contributed by atoms with E-state index >= 15 is 0 Å². The fraction of sp³-hybridized carbons (Fsp3) is 0.138. The SMILES string of the molecule is COc1ccc(N2C(=O)/C(=C/c3cc(C)n(-c4cccc5ccccc45)c3C)C(=O)NC2=S)c(OC)c1. The Bertz CT molecular complexity index is 1610. The molecular weight excluding hydrogens is 486 g/mol. The second-order valence-electron chi connectivity index (χ2n) is 8.66. The highest BCUT2D eigenvalue weighted by molar-refractivity contribution is 7.80. The second kappa shape index (κ2) is 9.55. The summed E-state index contributed by atoms with van der Waals surface area (Å²) < 4.78 is 12.9. The molecule has 186 valence electrons. The first kappa shape index (κ1) is 24.3. The van der Waals surface area contributed by atoms with Crippen molar-refractivity contribution in [2.75, 3.05) is 19.1 Å². The minimum absolute atomic E-state index is 0.0168. The Hall–Kier alpha value is -4.43. The molecular formula is C29H25N3O4S. The van der Waals surface area contributed by atoms with Gasteiger partial charge in [-0.05, 0) is 67.4 Å². The predicted octanol–water partition coefficient (Wildman–Crippen LogP) is 5.10. The van der Waals surface area contributed by atoms with Crippen LogP contribution < -0.4 is 19.7 Å². The minimum Gasteiger partial charge on any atom is -0.497 e. The smallest absolute Gasteiger partial charge is 0.270 e. The molecule has 1 aliphatic rings. The van der Waals surface area contributed by atoms with Crippen LogP contribution in [0.4, 0.5) is 5.69 Å². The summed E-state index contributed by atoms with van der Waals surface area (Å²) >= 11 is 5.36. The number of carbonyl (C=O) groups is 2. The molecule has 0 unspecified atom stereocenters. The molecule has 1 aromatic heterocycles. The maximum Gasteiger partial charge on any atom is 0.270 e. The Morgan fingerprint density at radius 1 is 0.892 bits per heavy atom. The maximum absolute atomic E-state index is 13.6. The number of anilines is 1. The van der Waals surface area contributed by atoms with Gasteiger partial charge in [0.05, 0.1) is 25.6 Å². The van der Waals surface area contributed by atoms with Gasteiger partial charge in [0.1, 0.15) is 17.1 Å². The lowest BCUT2D eigenvalue weighted by Gasteiger charge is -2.30. The number of thiocarbonyl (C=S) groups is 1. The molecule has 7 nitrogen and oxygen atoms in total. The molecule has 37 heavy (non-hydrogen) atoms. The topological polar surface area (TPSA) is 72.8 Å². The van der Waals surface area contributed by atoms with E-state index in [0.29, 0.717) is 17.2 Å². The molecule has 2 heterocycles. The van der Waals surface area contributed by atoms with Crippen molar-refractivity contribution in [2.24, 2.45) is 0 Å². The monoisotopic (exact) mass is 511 g/mol. The van der Waals surface area contributed by atoms with Crippen molar-refractivity contribution < 1.29 is 19.1 Å². The van der Waals surface area contributed by atoms with E-state index in [4.69, 9.17) is 21.7 Å². The van der Waals surface area contributed by atoms with Crippen LogP contribution in [0.25, 0.3) is 22.5 Å². The molecule has 1 fully saturated rings. The third kappa shape index (κ3) is 4.15. The molecule has 1 aliphatic heterocycles. The van der Waals surface area contributed by atoms with Gasteiger partial charge in [-0.1, -0.05) is 36.4 Å². The third-order valence-electron chi connectivity index (χ3n) is 6.51. The molecule has 2 amide bonds. The Morgan fingerprint density at radius 2 is 1.65 bits per heavy atom. The van der Waals surface area contributed by atoms with E-state index in [1.807, 2.05) is 38.1 Å². The average Bonchev–Trinajstić information content (AvgIpc) is 3.18. The van der Waals surface area contributed by atoms with Gasteiger partial charge in [0.2, 0.25) is 0 Å². The number of benzene rings is 3. The molecule has 4 aromatic rings. The van der Waals surface area contributed by atoms with Crippen molar-refractivity contribution in [1.29, 1.82) is 0 Å². The fourth-order valence-corrected chi connectivity index (χ4v) is 4.98. The lowest BCUT2D eigenvalue weighted by atomic mass is 10.1. The zero-order chi connectivity index (χ0) is 26.3. The highest BCUT2D eigenvalue weighted by atomic mass is 32.1. The summed E-state index contributed by atoms with van der Waals surface area (Å²) in [4.78, 5) is 27.8. The highest BCUT2D eigenvalue weighted by Crippen LogP contribution is 2.35. The molecule has 0 atom stereocenters. The quantitative estimate of drug-likeness (QED) is 0.229. The largest absolute Gasteiger partial charge is 0.497 e. The number of aryl methyl sites for hydroxylation is 1. The normalized spacial score (nSPS) is 14.9. The van der Waals surface area contributed by atoms with Crippen LogP contribution in [0.15, 0.2) is 72.3 Å². The molecule has 8 heteroatoms. The van der Waals surface area contributed by atoms with Gasteiger partial charge < -0.3 is 14.0 Å². The van der Waals surface area contributed by atoms with Gasteiger partial charge in [-0.3, -0.25) is 14.9 Å². The first-order chi connectivity index (χ1) is 17.8. The summed E-state index contributed by atoms with van der Waals surface area (Å²) in [6.07, 6.45) is 1.62. The number of hydrogen-bond acceptors (Lipinski definition) is 5. The van der Waals surface area contributed by atoms with Gasteiger partial charge in [0, 0.05) is 22.8 Å². The summed E-state index contributed by atoms with van der Waals surface area (Å²) in [6.45, 7) is 3.98. The lowest BCUT2D eigenvalue weighted by molar-refractivity contribution is -0.122. The molecule has 1 N–H and O–H groups in total. The predicted molar refractivity (Wildman–Crippen MR) is 148 cm³/mol. The average molecular weight is 512 g/mol. The van der Waals surface area contributed by atoms with Crippen LogP contribution >= 0.6 is 12.2 Å². The standard InChI is InChI=1S/C29H25N3O4S/c1-17-14-20(18(2)31(17)24-11-7-9-19-8-5-6-10-22(19)24)15-23-27(33)30-29(37)32(28(23)34)25-13-12-21(35-3)16-26(25)36-4/h5-16H,1-4H3,(H,30,33,37)/b23-15+. The van der Waals surface area contributed by atoms with E-state index in [9.17, 15) is 9.59 Å². The number of nitrogens with one attached hydrogen (secondary N) is 1. The number of nitrogens with zero attached hydrogens (tertiary/aromatic N) is 2. The van der Waals surface area contributed by atoms with Crippen molar-refractivity contribution in [3.63, 3.8) is 0 Å². The van der Waals surface area contributed by atoms with Gasteiger partial charge in [-0.15, -0.1) is 0 Å². The van der Waals surface area contributed by atoms with Gasteiger partial charge in [0.25, 0.3) is 11.8 Å². The zero-order valence-electron chi connectivity index (χ0n) is 20.9. The molecule has 0 saturated carbocycles. The van der Waals surface area contributed by atoms with Crippen LogP contribution in [0, 0.1) is 13.8 Å². The van der Waals surface area contributed by atoms with Crippen LogP contribution in [0.3, 0.4) is 0 Å². The van der Waals surface area contributed by atoms with Crippen molar-refractivity contribution >= 4 is 51.7 Å². The number of rotatable bonds is 5. The van der Waals surface area contributed by atoms with Crippen molar-refractivity contribution in [2.45, 2.75) is 13.8 Å². The number of fused-ring (bicyclic) bond motifs is 1. The summed E-state index contributed by atoms with van der Waals surface area (Å²) in [7, 11) is 3.04. The summed E-state index contributed by atoms with van der Waals surface area (Å²) in [5.74, 6) is -0.128. The number of methoxy groups -OCH3 is 2. The minimum atomic E-state index is -0.548. The molecule has 0 aliphatic carbocycles. The van der Waals surface area contributed by atoms with E-state index in [0.717, 1.165) is 33.4 Å². The van der Waals surface area contributed by atoms with Crippen LogP contribution in [0.2, 0.25) is 0 Å². The third-order valence-corrected chi connectivity index (χ3v) is 6.79. The molecule has 0 spiro atoms. The Kier molecular flexibility index (Phi) is 6.27.